The van der Waals surface area contributed by atoms with Crippen LogP contribution in [0.5, 0.6) is 0 Å². The van der Waals surface area contributed by atoms with Crippen LogP contribution in [0.3, 0.4) is 0 Å². The number of halogens is 2. The molecule has 0 amide bonds. The lowest BCUT2D eigenvalue weighted by Gasteiger charge is -2.21. The molecular formula is C16H15ClFN3O3. The van der Waals surface area contributed by atoms with Crippen molar-refractivity contribution in [2.75, 3.05) is 18.0 Å². The Labute approximate surface area is 141 Å². The number of carbonyl (C=O) groups is 1. The first-order valence-corrected chi connectivity index (χ1v) is 7.99. The number of nitrogens with zero attached hydrogens (tertiary/aromatic N) is 1. The molecule has 0 unspecified atom stereocenters. The monoisotopic (exact) mass is 351 g/mol. The minimum absolute atomic E-state index is 0.0305. The molecule has 2 aromatic rings. The van der Waals surface area contributed by atoms with E-state index in [9.17, 15) is 14.0 Å². The van der Waals surface area contributed by atoms with Crippen LogP contribution in [-0.2, 0) is 0 Å². The van der Waals surface area contributed by atoms with Gasteiger partial charge in [0.05, 0.1) is 21.6 Å². The summed E-state index contributed by atoms with van der Waals surface area (Å²) in [5.41, 5.74) is 5.43. The maximum atomic E-state index is 14.7. The van der Waals surface area contributed by atoms with E-state index in [4.69, 9.17) is 22.4 Å². The fourth-order valence-corrected chi connectivity index (χ4v) is 3.95. The molecule has 24 heavy (non-hydrogen) atoms. The molecule has 1 spiro atoms. The van der Waals surface area contributed by atoms with Gasteiger partial charge in [0.25, 0.3) is 0 Å². The summed E-state index contributed by atoms with van der Waals surface area (Å²) < 4.78 is 14.7. The molecule has 1 aliphatic heterocycles. The van der Waals surface area contributed by atoms with Crippen molar-refractivity contribution < 1.29 is 14.3 Å². The van der Waals surface area contributed by atoms with E-state index < -0.39 is 22.8 Å². The van der Waals surface area contributed by atoms with Crippen molar-refractivity contribution >= 4 is 34.2 Å². The third-order valence-electron chi connectivity index (χ3n) is 5.19. The van der Waals surface area contributed by atoms with Crippen molar-refractivity contribution in [2.45, 2.75) is 18.9 Å². The third-order valence-corrected chi connectivity index (χ3v) is 5.56. The van der Waals surface area contributed by atoms with Gasteiger partial charge in [-0.05, 0) is 18.9 Å². The van der Waals surface area contributed by atoms with Gasteiger partial charge in [0.1, 0.15) is 11.4 Å². The second-order valence-electron chi connectivity index (χ2n) is 6.63. The number of carboxylic acids is 1. The summed E-state index contributed by atoms with van der Waals surface area (Å²) in [7, 11) is 0. The largest absolute Gasteiger partial charge is 0.477 e. The maximum absolute atomic E-state index is 14.7. The molecule has 2 aliphatic rings. The average molecular weight is 352 g/mol. The fourth-order valence-electron chi connectivity index (χ4n) is 3.59. The van der Waals surface area contributed by atoms with Crippen LogP contribution < -0.4 is 16.1 Å². The first-order chi connectivity index (χ1) is 11.3. The first-order valence-electron chi connectivity index (χ1n) is 7.61. The lowest BCUT2D eigenvalue weighted by atomic mass is 10.0. The van der Waals surface area contributed by atoms with Gasteiger partial charge in [-0.25, -0.2) is 9.18 Å². The van der Waals surface area contributed by atoms with E-state index in [-0.39, 0.29) is 33.1 Å². The fraction of sp³-hybridized carbons (Fsp3) is 0.375. The molecule has 1 atom stereocenters. The van der Waals surface area contributed by atoms with Gasteiger partial charge in [0, 0.05) is 30.7 Å². The smallest absolute Gasteiger partial charge is 0.341 e. The zero-order valence-electron chi connectivity index (χ0n) is 12.6. The van der Waals surface area contributed by atoms with Crippen molar-refractivity contribution in [2.24, 2.45) is 11.1 Å². The molecule has 4 rings (SSSR count). The topological polar surface area (TPSA) is 99.4 Å². The molecule has 1 aliphatic carbocycles. The molecule has 1 saturated carbocycles. The Bertz CT molecular complexity index is 938. The van der Waals surface area contributed by atoms with Gasteiger partial charge in [-0.1, -0.05) is 11.6 Å². The van der Waals surface area contributed by atoms with Gasteiger partial charge in [-0.2, -0.15) is 0 Å². The number of benzene rings is 1. The third kappa shape index (κ3) is 2.04. The lowest BCUT2D eigenvalue weighted by molar-refractivity contribution is 0.0695. The highest BCUT2D eigenvalue weighted by molar-refractivity contribution is 6.37. The van der Waals surface area contributed by atoms with Crippen LogP contribution in [0.4, 0.5) is 10.1 Å². The Morgan fingerprint density at radius 3 is 2.79 bits per heavy atom. The molecule has 1 aromatic heterocycles. The van der Waals surface area contributed by atoms with Crippen LogP contribution in [0.2, 0.25) is 5.02 Å². The molecule has 1 aromatic carbocycles. The summed E-state index contributed by atoms with van der Waals surface area (Å²) in [5, 5.41) is 9.01. The van der Waals surface area contributed by atoms with E-state index in [0.29, 0.717) is 13.1 Å². The number of hydrogen-bond acceptors (Lipinski definition) is 4. The second-order valence-corrected chi connectivity index (χ2v) is 7.01. The number of pyridine rings is 1. The van der Waals surface area contributed by atoms with E-state index in [2.05, 4.69) is 4.98 Å². The quantitative estimate of drug-likeness (QED) is 0.768. The van der Waals surface area contributed by atoms with E-state index in [1.807, 2.05) is 4.90 Å². The first kappa shape index (κ1) is 15.4. The van der Waals surface area contributed by atoms with Crippen molar-refractivity contribution in [3.8, 4) is 0 Å². The van der Waals surface area contributed by atoms with Crippen LogP contribution in [0.15, 0.2) is 17.1 Å². The van der Waals surface area contributed by atoms with Crippen LogP contribution in [0.25, 0.3) is 10.9 Å². The molecule has 126 valence electrons. The summed E-state index contributed by atoms with van der Waals surface area (Å²) >= 11 is 6.35. The van der Waals surface area contributed by atoms with Crippen LogP contribution in [0, 0.1) is 11.2 Å². The van der Waals surface area contributed by atoms with Gasteiger partial charge in [0.15, 0.2) is 0 Å². The van der Waals surface area contributed by atoms with Crippen LogP contribution in [0.1, 0.15) is 23.2 Å². The van der Waals surface area contributed by atoms with Gasteiger partial charge < -0.3 is 20.7 Å². The molecule has 2 heterocycles. The highest BCUT2D eigenvalue weighted by Gasteiger charge is 2.54. The normalized spacial score (nSPS) is 21.6. The van der Waals surface area contributed by atoms with Gasteiger partial charge in [-0.3, -0.25) is 4.79 Å². The summed E-state index contributed by atoms with van der Waals surface area (Å²) in [5.74, 6) is -2.02. The van der Waals surface area contributed by atoms with Gasteiger partial charge in [-0.15, -0.1) is 0 Å². The van der Waals surface area contributed by atoms with E-state index in [0.717, 1.165) is 25.1 Å². The predicted molar refractivity (Wildman–Crippen MR) is 88.4 cm³/mol. The maximum Gasteiger partial charge on any atom is 0.341 e. The molecule has 4 N–H and O–H groups in total. The molecule has 6 nitrogen and oxygen atoms in total. The van der Waals surface area contributed by atoms with E-state index >= 15 is 0 Å². The molecule has 0 radical (unpaired) electrons. The molecule has 2 fully saturated rings. The number of anilines is 1. The predicted octanol–water partition coefficient (Wildman–Crippen LogP) is 1.95. The number of aromatic amines is 1. The number of nitrogens with one attached hydrogen (secondary N) is 1. The zero-order valence-corrected chi connectivity index (χ0v) is 13.4. The Morgan fingerprint density at radius 2 is 2.21 bits per heavy atom. The van der Waals surface area contributed by atoms with Crippen molar-refractivity contribution in [1.29, 1.82) is 0 Å². The van der Waals surface area contributed by atoms with Gasteiger partial charge >= 0.3 is 5.97 Å². The Balaban J connectivity index is 1.88. The van der Waals surface area contributed by atoms with Gasteiger partial charge in [0.2, 0.25) is 5.43 Å². The highest BCUT2D eigenvalue weighted by atomic mass is 35.5. The minimum Gasteiger partial charge on any atom is -0.477 e. The minimum atomic E-state index is -1.38. The van der Waals surface area contributed by atoms with E-state index in [1.165, 1.54) is 0 Å². The van der Waals surface area contributed by atoms with Crippen molar-refractivity contribution in [1.82, 2.24) is 4.98 Å². The Hall–Kier alpha value is -2.12. The number of nitrogens with two attached hydrogens (primary N) is 1. The standard InChI is InChI=1S/C16H15ClFN3O3/c17-11-12-7(14(22)8(4-20-12)15(23)24)3-9(18)13(11)21-5-10(19)16(6-21)1-2-16/h3-4,10H,1-2,5-6,19H2,(H,20,22)(H,23,24)/t10-/m1/s1. The zero-order chi connectivity index (χ0) is 17.2. The molecular weight excluding hydrogens is 337 g/mol. The number of fused-ring (bicyclic) bond motifs is 1. The number of aromatic carboxylic acids is 1. The molecule has 8 heteroatoms. The summed E-state index contributed by atoms with van der Waals surface area (Å²) in [6.07, 6.45) is 3.13. The van der Waals surface area contributed by atoms with Crippen molar-refractivity contribution in [3.63, 3.8) is 0 Å². The van der Waals surface area contributed by atoms with Crippen LogP contribution >= 0.6 is 11.6 Å². The number of carboxylic acid groups (broad SMARTS) is 1. The summed E-state index contributed by atoms with van der Waals surface area (Å²) in [4.78, 5) is 27.8. The number of H-pyrrole nitrogens is 1. The summed E-state index contributed by atoms with van der Waals surface area (Å²) in [6.45, 7) is 1.13. The number of hydrogen-bond donors (Lipinski definition) is 3. The Morgan fingerprint density at radius 1 is 1.50 bits per heavy atom. The average Bonchev–Trinajstić information content (AvgIpc) is 3.21. The molecule has 0 bridgehead atoms. The van der Waals surface area contributed by atoms with Crippen LogP contribution in [-0.4, -0.2) is 35.2 Å². The number of aromatic nitrogens is 1. The number of rotatable bonds is 2. The second kappa shape index (κ2) is 4.94. The Kier molecular flexibility index (Phi) is 3.17. The highest BCUT2D eigenvalue weighted by Crippen LogP contribution is 2.53. The van der Waals surface area contributed by atoms with E-state index in [1.54, 1.807) is 0 Å². The SMILES string of the molecule is N[C@@H]1CN(c2c(F)cc3c(=O)c(C(=O)O)c[nH]c3c2Cl)CC12CC2. The summed E-state index contributed by atoms with van der Waals surface area (Å²) in [6, 6.07) is 1.02. The van der Waals surface area contributed by atoms with Crippen molar-refractivity contribution in [3.05, 3.63) is 38.9 Å². The lowest BCUT2D eigenvalue weighted by Crippen LogP contribution is -2.30. The molecule has 1 saturated heterocycles.